The molecule has 2 fully saturated rings. The molecule has 134 valence electrons. The number of hydrazine groups is 1. The Kier molecular flexibility index (Phi) is 4.50. The molecule has 6 nitrogen and oxygen atoms in total. The lowest BCUT2D eigenvalue weighted by Gasteiger charge is -2.45. The highest BCUT2D eigenvalue weighted by Crippen LogP contribution is 2.39. The Morgan fingerprint density at radius 3 is 2.71 bits per heavy atom. The van der Waals surface area contributed by atoms with Crippen LogP contribution in [0, 0.1) is 11.3 Å². The summed E-state index contributed by atoms with van der Waals surface area (Å²) in [4.78, 5) is 12.4. The van der Waals surface area contributed by atoms with Gasteiger partial charge >= 0.3 is 5.97 Å². The Bertz CT molecular complexity index is 572. The van der Waals surface area contributed by atoms with Crippen LogP contribution in [-0.2, 0) is 4.79 Å². The average molecular weight is 342 g/mol. The van der Waals surface area contributed by atoms with Crippen LogP contribution >= 0.6 is 0 Å². The Labute approximate surface area is 140 Å². The number of likely N-dealkylation sites (tertiary alicyclic amines) is 1. The third-order valence-electron chi connectivity index (χ3n) is 5.18. The molecule has 24 heavy (non-hydrogen) atoms. The summed E-state index contributed by atoms with van der Waals surface area (Å²) in [6.07, 6.45) is 1.66. The summed E-state index contributed by atoms with van der Waals surface area (Å²) >= 11 is 0. The molecule has 3 rings (SSSR count). The Morgan fingerprint density at radius 1 is 1.46 bits per heavy atom. The van der Waals surface area contributed by atoms with Gasteiger partial charge in [-0.1, -0.05) is 0 Å². The quantitative estimate of drug-likeness (QED) is 0.526. The van der Waals surface area contributed by atoms with Gasteiger partial charge in [-0.3, -0.25) is 10.2 Å². The van der Waals surface area contributed by atoms with Crippen LogP contribution < -0.4 is 5.43 Å². The van der Waals surface area contributed by atoms with Gasteiger partial charge in [0.15, 0.2) is 0 Å². The fourth-order valence-corrected chi connectivity index (χ4v) is 3.49. The topological polar surface area (TPSA) is 79.7 Å². The molecule has 0 aromatic heterocycles. The van der Waals surface area contributed by atoms with Crippen molar-refractivity contribution >= 4 is 11.8 Å². The molecule has 2 aliphatic heterocycles. The van der Waals surface area contributed by atoms with E-state index < -0.39 is 11.9 Å². The van der Waals surface area contributed by atoms with Gasteiger partial charge in [0.05, 0.1) is 6.42 Å². The molecule has 0 unspecified atom stereocenters. The van der Waals surface area contributed by atoms with Gasteiger partial charge < -0.3 is 15.4 Å². The van der Waals surface area contributed by atoms with E-state index >= 15 is 0 Å². The van der Waals surface area contributed by atoms with Crippen molar-refractivity contribution in [3.8, 4) is 0 Å². The fourth-order valence-electron chi connectivity index (χ4n) is 3.49. The molecule has 1 aliphatic carbocycles. The number of nitrogens with one attached hydrogen (secondary N) is 2. The van der Waals surface area contributed by atoms with E-state index in [2.05, 4.69) is 5.43 Å². The smallest absolute Gasteiger partial charge is 0.303 e. The zero-order valence-electron chi connectivity index (χ0n) is 13.8. The number of hydrogen-bond acceptors (Lipinski definition) is 4. The molecule has 3 N–H and O–H groups in total. The van der Waals surface area contributed by atoms with Crippen molar-refractivity contribution < 1.29 is 18.7 Å². The lowest BCUT2D eigenvalue weighted by molar-refractivity contribution is -0.139. The second kappa shape index (κ2) is 6.31. The standard InChI is InChI=1S/C16H24F2N4O2/c1-10-4-6-22(10)20-14-12(3-2-5-16(14,17)18)15(19)21-8-11(9-21)7-13(23)24/h10-11,19-20H,2-9H2,1H3,(H,23,24)/t10-/m0/s1. The van der Waals surface area contributed by atoms with Crippen molar-refractivity contribution in [3.05, 3.63) is 11.3 Å². The number of nitrogens with zero attached hydrogens (tertiary/aromatic N) is 2. The van der Waals surface area contributed by atoms with Crippen LogP contribution in [0.3, 0.4) is 0 Å². The first-order chi connectivity index (χ1) is 11.3. The van der Waals surface area contributed by atoms with Crippen molar-refractivity contribution in [2.75, 3.05) is 19.6 Å². The molecule has 0 bridgehead atoms. The summed E-state index contributed by atoms with van der Waals surface area (Å²) in [5.41, 5.74) is 3.12. The van der Waals surface area contributed by atoms with Crippen molar-refractivity contribution in [1.29, 1.82) is 5.41 Å². The SMILES string of the molecule is C[C@H]1CCN1NC1=C(C(=N)N2CC(CC(=O)O)C2)CCCC1(F)F. The van der Waals surface area contributed by atoms with Gasteiger partial charge in [-0.15, -0.1) is 0 Å². The first kappa shape index (κ1) is 17.1. The average Bonchev–Trinajstić information content (AvgIpc) is 2.45. The maximum absolute atomic E-state index is 14.4. The monoisotopic (exact) mass is 342 g/mol. The highest BCUT2D eigenvalue weighted by molar-refractivity contribution is 5.97. The first-order valence-corrected chi connectivity index (χ1v) is 8.48. The number of aliphatic carboxylic acids is 1. The van der Waals surface area contributed by atoms with Crippen molar-refractivity contribution in [1.82, 2.24) is 15.3 Å². The summed E-state index contributed by atoms with van der Waals surface area (Å²) in [6, 6.07) is 0.217. The van der Waals surface area contributed by atoms with E-state index in [0.717, 1.165) is 13.0 Å². The van der Waals surface area contributed by atoms with E-state index in [1.807, 2.05) is 6.92 Å². The number of carbonyl (C=O) groups is 1. The molecule has 3 aliphatic rings. The number of halogens is 2. The van der Waals surface area contributed by atoms with E-state index in [1.165, 1.54) is 0 Å². The van der Waals surface area contributed by atoms with E-state index in [1.54, 1.807) is 9.91 Å². The van der Waals surface area contributed by atoms with Crippen molar-refractivity contribution in [2.24, 2.45) is 5.92 Å². The molecule has 8 heteroatoms. The molecule has 0 amide bonds. The number of hydrogen-bond donors (Lipinski definition) is 3. The van der Waals surface area contributed by atoms with E-state index in [0.29, 0.717) is 31.5 Å². The minimum Gasteiger partial charge on any atom is -0.481 e. The van der Waals surface area contributed by atoms with Crippen LogP contribution in [0.15, 0.2) is 11.3 Å². The summed E-state index contributed by atoms with van der Waals surface area (Å²) in [7, 11) is 0. The highest BCUT2D eigenvalue weighted by atomic mass is 19.3. The Balaban J connectivity index is 1.73. The molecule has 0 spiro atoms. The summed E-state index contributed by atoms with van der Waals surface area (Å²) in [5, 5.41) is 18.9. The lowest BCUT2D eigenvalue weighted by atomic mass is 9.89. The highest BCUT2D eigenvalue weighted by Gasteiger charge is 2.44. The zero-order chi connectivity index (χ0) is 17.5. The molecule has 0 aromatic carbocycles. The number of amidine groups is 1. The van der Waals surface area contributed by atoms with Crippen molar-refractivity contribution in [2.45, 2.75) is 51.0 Å². The number of carboxylic acids is 1. The van der Waals surface area contributed by atoms with Crippen LogP contribution in [0.25, 0.3) is 0 Å². The molecular weight excluding hydrogens is 318 g/mol. The zero-order valence-corrected chi connectivity index (χ0v) is 13.8. The maximum Gasteiger partial charge on any atom is 0.303 e. The van der Waals surface area contributed by atoms with Gasteiger partial charge in [-0.25, -0.2) is 5.01 Å². The van der Waals surface area contributed by atoms with Crippen LogP contribution in [0.1, 0.15) is 39.0 Å². The number of rotatable bonds is 5. The van der Waals surface area contributed by atoms with Gasteiger partial charge in [0, 0.05) is 43.6 Å². The van der Waals surface area contributed by atoms with Gasteiger partial charge in [0.2, 0.25) is 0 Å². The predicted molar refractivity (Wildman–Crippen MR) is 84.8 cm³/mol. The van der Waals surface area contributed by atoms with Gasteiger partial charge in [-0.05, 0) is 26.2 Å². The van der Waals surface area contributed by atoms with Gasteiger partial charge in [0.25, 0.3) is 5.92 Å². The normalized spacial score (nSPS) is 27.5. The van der Waals surface area contributed by atoms with E-state index in [-0.39, 0.29) is 36.3 Å². The molecule has 1 atom stereocenters. The largest absolute Gasteiger partial charge is 0.481 e. The molecule has 0 aromatic rings. The second-order valence-corrected chi connectivity index (χ2v) is 7.07. The van der Waals surface area contributed by atoms with Gasteiger partial charge in [-0.2, -0.15) is 8.78 Å². The molecule has 2 heterocycles. The van der Waals surface area contributed by atoms with Crippen LogP contribution in [0.5, 0.6) is 0 Å². The summed E-state index contributed by atoms with van der Waals surface area (Å²) in [6.45, 7) is 3.61. The fraction of sp³-hybridized carbons (Fsp3) is 0.750. The second-order valence-electron chi connectivity index (χ2n) is 7.07. The number of allylic oxidation sites excluding steroid dienone is 1. The molecule has 0 saturated carbocycles. The van der Waals surface area contributed by atoms with Crippen LogP contribution in [-0.4, -0.2) is 58.4 Å². The third-order valence-corrected chi connectivity index (χ3v) is 5.18. The summed E-state index contributed by atoms with van der Waals surface area (Å²) < 4.78 is 28.8. The number of carboxylic acid groups (broad SMARTS) is 1. The lowest BCUT2D eigenvalue weighted by Crippen LogP contribution is -2.57. The van der Waals surface area contributed by atoms with Gasteiger partial charge in [0.1, 0.15) is 11.5 Å². The molecule has 2 saturated heterocycles. The predicted octanol–water partition coefficient (Wildman–Crippen LogP) is 2.04. The molecular formula is C16H24F2N4O2. The third kappa shape index (κ3) is 3.24. The Hall–Kier alpha value is -1.70. The van der Waals surface area contributed by atoms with Crippen LogP contribution in [0.4, 0.5) is 8.78 Å². The Morgan fingerprint density at radius 2 is 2.17 bits per heavy atom. The minimum atomic E-state index is -2.94. The maximum atomic E-state index is 14.4. The minimum absolute atomic E-state index is 0.000589. The van der Waals surface area contributed by atoms with Crippen molar-refractivity contribution in [3.63, 3.8) is 0 Å². The van der Waals surface area contributed by atoms with E-state index in [9.17, 15) is 13.6 Å². The number of alkyl halides is 2. The molecule has 0 radical (unpaired) electrons. The summed E-state index contributed by atoms with van der Waals surface area (Å²) in [5.74, 6) is -3.68. The first-order valence-electron chi connectivity index (χ1n) is 8.48. The van der Waals surface area contributed by atoms with E-state index in [4.69, 9.17) is 10.5 Å². The van der Waals surface area contributed by atoms with Crippen LogP contribution in [0.2, 0.25) is 0 Å².